The van der Waals surface area contributed by atoms with Crippen molar-refractivity contribution in [2.45, 2.75) is 32.0 Å². The van der Waals surface area contributed by atoms with E-state index >= 15 is 0 Å². The molecule has 0 saturated carbocycles. The predicted molar refractivity (Wildman–Crippen MR) is 119 cm³/mol. The van der Waals surface area contributed by atoms with Gasteiger partial charge in [0.2, 0.25) is 0 Å². The molecule has 1 aliphatic heterocycles. The highest BCUT2D eigenvalue weighted by Gasteiger charge is 2.30. The minimum absolute atomic E-state index is 0.254. The summed E-state index contributed by atoms with van der Waals surface area (Å²) in [6.45, 7) is 2.85. The molecule has 168 valence electrons. The number of nitrogens with one attached hydrogen (secondary N) is 2. The van der Waals surface area contributed by atoms with Gasteiger partial charge in [0.05, 0.1) is 11.3 Å². The van der Waals surface area contributed by atoms with Gasteiger partial charge in [0.25, 0.3) is 0 Å². The van der Waals surface area contributed by atoms with Crippen molar-refractivity contribution in [3.63, 3.8) is 0 Å². The molecule has 0 bridgehead atoms. The molecule has 3 aromatic rings. The molecule has 32 heavy (non-hydrogen) atoms. The number of rotatable bonds is 5. The Bertz CT molecular complexity index is 1080. The number of amides is 2. The number of pyridine rings is 1. The molecular weight excluding hydrogens is 439 g/mol. The van der Waals surface area contributed by atoms with Crippen molar-refractivity contribution >= 4 is 29.0 Å². The molecule has 2 aromatic heterocycles. The first-order valence-electron chi connectivity index (χ1n) is 10.3. The highest BCUT2D eigenvalue weighted by atomic mass is 32.1. The number of carbonyl (C=O) groups is 1. The molecule has 0 atom stereocenters. The van der Waals surface area contributed by atoms with Crippen LogP contribution in [-0.4, -0.2) is 34.0 Å². The number of halogens is 3. The first-order valence-corrected chi connectivity index (χ1v) is 11.1. The third-order valence-electron chi connectivity index (χ3n) is 5.07. The third-order valence-corrected chi connectivity index (χ3v) is 5.96. The summed E-state index contributed by atoms with van der Waals surface area (Å²) in [6, 6.07) is 9.90. The monoisotopic (exact) mass is 461 g/mol. The number of hydrogen-bond acceptors (Lipinski definition) is 5. The van der Waals surface area contributed by atoms with Gasteiger partial charge in [0, 0.05) is 17.5 Å². The van der Waals surface area contributed by atoms with Gasteiger partial charge in [-0.05, 0) is 50.2 Å². The number of nitrogens with zero attached hydrogens (tertiary/aromatic N) is 3. The van der Waals surface area contributed by atoms with Crippen molar-refractivity contribution in [3.05, 3.63) is 59.1 Å². The van der Waals surface area contributed by atoms with Crippen molar-refractivity contribution in [2.75, 3.05) is 23.7 Å². The molecule has 1 aromatic carbocycles. The molecule has 10 heteroatoms. The molecule has 2 amide bonds. The highest BCUT2D eigenvalue weighted by Crippen LogP contribution is 2.33. The van der Waals surface area contributed by atoms with Crippen LogP contribution in [0.2, 0.25) is 0 Å². The standard InChI is InChI=1S/C22H22F3N5OS/c23-22(24,25)16-7-4-6-15(12-16)20-27-19(14-32-20)29-21(31)28-18-9-5-8-17(26-18)13-30-10-2-1-3-11-30/h4-9,12,14H,1-3,10-11,13H2,(H2,26,28,29,31). The van der Waals surface area contributed by atoms with Gasteiger partial charge in [-0.2, -0.15) is 13.2 Å². The van der Waals surface area contributed by atoms with Gasteiger partial charge in [-0.15, -0.1) is 11.3 Å². The predicted octanol–water partition coefficient (Wildman–Crippen LogP) is 5.85. The number of alkyl halides is 3. The molecule has 0 spiro atoms. The Morgan fingerprint density at radius 2 is 1.75 bits per heavy atom. The van der Waals surface area contributed by atoms with Gasteiger partial charge in [-0.1, -0.05) is 24.6 Å². The second kappa shape index (κ2) is 9.66. The van der Waals surface area contributed by atoms with Crippen LogP contribution < -0.4 is 10.6 Å². The lowest BCUT2D eigenvalue weighted by atomic mass is 10.1. The summed E-state index contributed by atoms with van der Waals surface area (Å²) in [5.41, 5.74) is 0.475. The Morgan fingerprint density at radius 1 is 1.00 bits per heavy atom. The second-order valence-corrected chi connectivity index (χ2v) is 8.40. The van der Waals surface area contributed by atoms with E-state index in [1.807, 2.05) is 12.1 Å². The Balaban J connectivity index is 1.37. The number of anilines is 2. The summed E-state index contributed by atoms with van der Waals surface area (Å²) >= 11 is 1.15. The van der Waals surface area contributed by atoms with E-state index in [1.165, 1.54) is 25.3 Å². The fraction of sp³-hybridized carbons (Fsp3) is 0.318. The van der Waals surface area contributed by atoms with Gasteiger partial charge in [-0.25, -0.2) is 14.8 Å². The molecule has 1 fully saturated rings. The van der Waals surface area contributed by atoms with Crippen LogP contribution in [0.15, 0.2) is 47.8 Å². The minimum atomic E-state index is -4.43. The van der Waals surface area contributed by atoms with E-state index in [1.54, 1.807) is 17.5 Å². The number of hydrogen-bond donors (Lipinski definition) is 2. The molecule has 4 rings (SSSR count). The molecule has 1 saturated heterocycles. The van der Waals surface area contributed by atoms with Crippen LogP contribution in [0.5, 0.6) is 0 Å². The summed E-state index contributed by atoms with van der Waals surface area (Å²) < 4.78 is 38.8. The number of likely N-dealkylation sites (tertiary alicyclic amines) is 1. The van der Waals surface area contributed by atoms with Gasteiger partial charge in [0.1, 0.15) is 16.6 Å². The summed E-state index contributed by atoms with van der Waals surface area (Å²) in [5, 5.41) is 7.25. The van der Waals surface area contributed by atoms with Crippen molar-refractivity contribution in [3.8, 4) is 10.6 Å². The lowest BCUT2D eigenvalue weighted by molar-refractivity contribution is -0.137. The number of urea groups is 1. The van der Waals surface area contributed by atoms with E-state index in [0.717, 1.165) is 48.8 Å². The van der Waals surface area contributed by atoms with Crippen LogP contribution in [0.3, 0.4) is 0 Å². The summed E-state index contributed by atoms with van der Waals surface area (Å²) in [6.07, 6.45) is -0.783. The van der Waals surface area contributed by atoms with Gasteiger partial charge < -0.3 is 0 Å². The number of thiazole rings is 1. The first kappa shape index (κ1) is 22.2. The average molecular weight is 462 g/mol. The zero-order valence-electron chi connectivity index (χ0n) is 17.2. The molecule has 0 unspecified atom stereocenters. The largest absolute Gasteiger partial charge is 0.416 e. The summed E-state index contributed by atoms with van der Waals surface area (Å²) in [4.78, 5) is 23.4. The Morgan fingerprint density at radius 3 is 2.53 bits per heavy atom. The number of aromatic nitrogens is 2. The highest BCUT2D eigenvalue weighted by molar-refractivity contribution is 7.13. The third kappa shape index (κ3) is 5.83. The Hall–Kier alpha value is -2.98. The van der Waals surface area contributed by atoms with Gasteiger partial charge >= 0.3 is 12.2 Å². The zero-order chi connectivity index (χ0) is 22.6. The van der Waals surface area contributed by atoms with Crippen LogP contribution in [0.25, 0.3) is 10.6 Å². The van der Waals surface area contributed by atoms with Crippen LogP contribution >= 0.6 is 11.3 Å². The number of piperidine rings is 1. The maximum absolute atomic E-state index is 12.9. The smallest absolute Gasteiger partial charge is 0.298 e. The van der Waals surface area contributed by atoms with Gasteiger partial charge in [0.15, 0.2) is 0 Å². The lowest BCUT2D eigenvalue weighted by Gasteiger charge is -2.26. The Kier molecular flexibility index (Phi) is 6.71. The summed E-state index contributed by atoms with van der Waals surface area (Å²) in [7, 11) is 0. The van der Waals surface area contributed by atoms with E-state index in [9.17, 15) is 18.0 Å². The van der Waals surface area contributed by atoms with E-state index in [0.29, 0.717) is 16.4 Å². The fourth-order valence-electron chi connectivity index (χ4n) is 3.54. The van der Waals surface area contributed by atoms with Crippen molar-refractivity contribution < 1.29 is 18.0 Å². The van der Waals surface area contributed by atoms with Crippen LogP contribution in [0.1, 0.15) is 30.5 Å². The maximum atomic E-state index is 12.9. The molecule has 1 aliphatic rings. The Labute approximate surface area is 187 Å². The molecule has 2 N–H and O–H groups in total. The molecular formula is C22H22F3N5OS. The van der Waals surface area contributed by atoms with Crippen molar-refractivity contribution in [2.24, 2.45) is 0 Å². The molecule has 6 nitrogen and oxygen atoms in total. The maximum Gasteiger partial charge on any atom is 0.416 e. The number of benzene rings is 1. The number of carbonyl (C=O) groups excluding carboxylic acids is 1. The molecule has 0 aliphatic carbocycles. The second-order valence-electron chi connectivity index (χ2n) is 7.55. The minimum Gasteiger partial charge on any atom is -0.298 e. The van der Waals surface area contributed by atoms with E-state index in [2.05, 4.69) is 25.5 Å². The van der Waals surface area contributed by atoms with Crippen molar-refractivity contribution in [1.29, 1.82) is 0 Å². The fourth-order valence-corrected chi connectivity index (χ4v) is 4.29. The molecule has 0 radical (unpaired) electrons. The quantitative estimate of drug-likeness (QED) is 0.500. The van der Waals surface area contributed by atoms with Crippen LogP contribution in [0.4, 0.5) is 29.6 Å². The van der Waals surface area contributed by atoms with E-state index < -0.39 is 17.8 Å². The lowest BCUT2D eigenvalue weighted by Crippen LogP contribution is -2.29. The first-order chi connectivity index (χ1) is 15.4. The van der Waals surface area contributed by atoms with Gasteiger partial charge in [-0.3, -0.25) is 15.5 Å². The van der Waals surface area contributed by atoms with E-state index in [4.69, 9.17) is 0 Å². The van der Waals surface area contributed by atoms with E-state index in [-0.39, 0.29) is 5.82 Å². The van der Waals surface area contributed by atoms with Crippen molar-refractivity contribution in [1.82, 2.24) is 14.9 Å². The zero-order valence-corrected chi connectivity index (χ0v) is 18.0. The average Bonchev–Trinajstić information content (AvgIpc) is 3.22. The topological polar surface area (TPSA) is 70.2 Å². The molecule has 3 heterocycles. The van der Waals surface area contributed by atoms with Crippen LogP contribution in [-0.2, 0) is 12.7 Å². The SMILES string of the molecule is O=C(Nc1cccc(CN2CCCCC2)n1)Nc1csc(-c2cccc(C(F)(F)F)c2)n1. The van der Waals surface area contributed by atoms with Crippen LogP contribution in [0, 0.1) is 0 Å². The summed E-state index contributed by atoms with van der Waals surface area (Å²) in [5.74, 6) is 0.676. The normalized spacial score (nSPS) is 14.8.